The Morgan fingerprint density at radius 3 is 2.52 bits per heavy atom. The Bertz CT molecular complexity index is 1120. The van der Waals surface area contributed by atoms with E-state index in [1.54, 1.807) is 30.0 Å². The standard InChI is InChI=1S/C21H18N4O2/c1-27-18-10-7-15(8-11-18)14-25-19(26)12-9-16-13-22-21(24-20(16)25)23-17-5-3-2-4-6-17/h2-13H,14H2,1H3,(H,22,23,24). The molecule has 0 amide bonds. The third kappa shape index (κ3) is 3.64. The van der Waals surface area contributed by atoms with Gasteiger partial charge in [-0.05, 0) is 35.9 Å². The summed E-state index contributed by atoms with van der Waals surface area (Å²) in [5.74, 6) is 1.23. The molecule has 0 aliphatic rings. The van der Waals surface area contributed by atoms with E-state index in [4.69, 9.17) is 4.74 Å². The van der Waals surface area contributed by atoms with E-state index in [9.17, 15) is 4.79 Å². The quantitative estimate of drug-likeness (QED) is 0.590. The van der Waals surface area contributed by atoms with Crippen molar-refractivity contribution in [2.75, 3.05) is 12.4 Å². The highest BCUT2D eigenvalue weighted by atomic mass is 16.5. The molecule has 4 aromatic rings. The van der Waals surface area contributed by atoms with Crippen molar-refractivity contribution in [1.29, 1.82) is 0 Å². The third-order valence-corrected chi connectivity index (χ3v) is 4.25. The zero-order chi connectivity index (χ0) is 18.6. The molecule has 0 atom stereocenters. The van der Waals surface area contributed by atoms with E-state index in [2.05, 4.69) is 15.3 Å². The lowest BCUT2D eigenvalue weighted by Gasteiger charge is -2.11. The van der Waals surface area contributed by atoms with Crippen LogP contribution in [0.15, 0.2) is 77.7 Å². The molecule has 134 valence electrons. The molecule has 0 spiro atoms. The first-order valence-corrected chi connectivity index (χ1v) is 8.54. The normalized spacial score (nSPS) is 10.7. The zero-order valence-corrected chi connectivity index (χ0v) is 14.8. The molecule has 27 heavy (non-hydrogen) atoms. The fraction of sp³-hybridized carbons (Fsp3) is 0.0952. The van der Waals surface area contributed by atoms with Gasteiger partial charge in [-0.3, -0.25) is 9.36 Å². The average molecular weight is 358 g/mol. The van der Waals surface area contributed by atoms with Crippen molar-refractivity contribution in [1.82, 2.24) is 14.5 Å². The molecule has 2 aromatic heterocycles. The van der Waals surface area contributed by atoms with Gasteiger partial charge in [0.1, 0.15) is 11.4 Å². The predicted molar refractivity (Wildman–Crippen MR) is 106 cm³/mol. The molecule has 0 aliphatic heterocycles. The Morgan fingerprint density at radius 1 is 1.00 bits per heavy atom. The number of anilines is 2. The maximum absolute atomic E-state index is 12.5. The van der Waals surface area contributed by atoms with Crippen LogP contribution in [0, 0.1) is 0 Å². The molecule has 6 nitrogen and oxygen atoms in total. The number of benzene rings is 2. The van der Waals surface area contributed by atoms with Gasteiger partial charge in [0.15, 0.2) is 0 Å². The molecular formula is C21H18N4O2. The van der Waals surface area contributed by atoms with Crippen molar-refractivity contribution in [2.45, 2.75) is 6.54 Å². The minimum atomic E-state index is -0.109. The molecule has 0 saturated heterocycles. The highest BCUT2D eigenvalue weighted by Gasteiger charge is 2.08. The summed E-state index contributed by atoms with van der Waals surface area (Å²) in [7, 11) is 1.63. The summed E-state index contributed by atoms with van der Waals surface area (Å²) in [6.45, 7) is 0.419. The predicted octanol–water partition coefficient (Wildman–Crippen LogP) is 3.59. The number of aromatic nitrogens is 3. The second-order valence-corrected chi connectivity index (χ2v) is 6.07. The van der Waals surface area contributed by atoms with Crippen LogP contribution in [-0.2, 0) is 6.54 Å². The Balaban J connectivity index is 1.72. The number of methoxy groups -OCH3 is 1. The summed E-state index contributed by atoms with van der Waals surface area (Å²) in [5.41, 5.74) is 2.35. The topological polar surface area (TPSA) is 69.0 Å². The highest BCUT2D eigenvalue weighted by Crippen LogP contribution is 2.17. The second-order valence-electron chi connectivity index (χ2n) is 6.07. The van der Waals surface area contributed by atoms with Gasteiger partial charge in [0.25, 0.3) is 5.56 Å². The van der Waals surface area contributed by atoms with Crippen molar-refractivity contribution < 1.29 is 4.74 Å². The summed E-state index contributed by atoms with van der Waals surface area (Å²) in [6.07, 6.45) is 1.72. The first-order chi connectivity index (χ1) is 13.2. The van der Waals surface area contributed by atoms with Gasteiger partial charge in [-0.25, -0.2) is 4.98 Å². The number of nitrogens with one attached hydrogen (secondary N) is 1. The van der Waals surface area contributed by atoms with Crippen LogP contribution in [0.4, 0.5) is 11.6 Å². The Labute approximate surface area is 156 Å². The summed E-state index contributed by atoms with van der Waals surface area (Å²) in [6, 6.07) is 20.6. The van der Waals surface area contributed by atoms with E-state index in [0.717, 1.165) is 22.4 Å². The Kier molecular flexibility index (Phi) is 4.53. The van der Waals surface area contributed by atoms with Crippen molar-refractivity contribution >= 4 is 22.7 Å². The molecule has 0 fully saturated rings. The molecule has 0 radical (unpaired) electrons. The molecule has 2 aromatic carbocycles. The van der Waals surface area contributed by atoms with Gasteiger partial charge in [0.05, 0.1) is 13.7 Å². The maximum Gasteiger partial charge on any atom is 0.252 e. The number of para-hydroxylation sites is 1. The number of nitrogens with zero attached hydrogens (tertiary/aromatic N) is 3. The van der Waals surface area contributed by atoms with Gasteiger partial charge in [0, 0.05) is 23.3 Å². The van der Waals surface area contributed by atoms with E-state index >= 15 is 0 Å². The highest BCUT2D eigenvalue weighted by molar-refractivity contribution is 5.75. The first kappa shape index (κ1) is 16.8. The van der Waals surface area contributed by atoms with Gasteiger partial charge in [-0.1, -0.05) is 30.3 Å². The SMILES string of the molecule is COc1ccc(Cn2c(=O)ccc3cnc(Nc4ccccc4)nc32)cc1. The Hall–Kier alpha value is -3.67. The number of ether oxygens (including phenoxy) is 1. The van der Waals surface area contributed by atoms with Crippen LogP contribution in [0.25, 0.3) is 11.0 Å². The fourth-order valence-corrected chi connectivity index (χ4v) is 2.85. The first-order valence-electron chi connectivity index (χ1n) is 8.54. The third-order valence-electron chi connectivity index (χ3n) is 4.25. The minimum absolute atomic E-state index is 0.109. The van der Waals surface area contributed by atoms with Gasteiger partial charge in [-0.15, -0.1) is 0 Å². The number of hydrogen-bond donors (Lipinski definition) is 1. The van der Waals surface area contributed by atoms with Crippen molar-refractivity contribution in [3.8, 4) is 5.75 Å². The number of pyridine rings is 1. The molecule has 4 rings (SSSR count). The maximum atomic E-state index is 12.5. The Morgan fingerprint density at radius 2 is 1.78 bits per heavy atom. The van der Waals surface area contributed by atoms with E-state index in [-0.39, 0.29) is 5.56 Å². The molecule has 0 bridgehead atoms. The summed E-state index contributed by atoms with van der Waals surface area (Å²) >= 11 is 0. The van der Waals surface area contributed by atoms with E-state index < -0.39 is 0 Å². The summed E-state index contributed by atoms with van der Waals surface area (Å²) in [4.78, 5) is 21.4. The van der Waals surface area contributed by atoms with Crippen LogP contribution in [0.3, 0.4) is 0 Å². The van der Waals surface area contributed by atoms with E-state index in [1.165, 1.54) is 0 Å². The molecule has 6 heteroatoms. The molecule has 0 aliphatic carbocycles. The number of fused-ring (bicyclic) bond motifs is 1. The van der Waals surface area contributed by atoms with E-state index in [1.807, 2.05) is 54.6 Å². The summed E-state index contributed by atoms with van der Waals surface area (Å²) < 4.78 is 6.84. The van der Waals surface area contributed by atoms with Crippen molar-refractivity contribution in [3.63, 3.8) is 0 Å². The molecule has 0 saturated carbocycles. The van der Waals surface area contributed by atoms with Gasteiger partial charge in [0.2, 0.25) is 5.95 Å². The lowest BCUT2D eigenvalue weighted by atomic mass is 10.2. The average Bonchev–Trinajstić information content (AvgIpc) is 2.71. The second kappa shape index (κ2) is 7.29. The minimum Gasteiger partial charge on any atom is -0.497 e. The largest absolute Gasteiger partial charge is 0.497 e. The smallest absolute Gasteiger partial charge is 0.252 e. The van der Waals surface area contributed by atoms with Crippen LogP contribution in [-0.4, -0.2) is 21.6 Å². The lowest BCUT2D eigenvalue weighted by molar-refractivity contribution is 0.414. The van der Waals surface area contributed by atoms with Crippen LogP contribution in [0.1, 0.15) is 5.56 Å². The van der Waals surface area contributed by atoms with Crippen LogP contribution in [0.5, 0.6) is 5.75 Å². The van der Waals surface area contributed by atoms with Gasteiger partial charge in [-0.2, -0.15) is 4.98 Å². The lowest BCUT2D eigenvalue weighted by Crippen LogP contribution is -2.21. The summed E-state index contributed by atoms with van der Waals surface area (Å²) in [5, 5.41) is 3.97. The molecule has 1 N–H and O–H groups in total. The van der Waals surface area contributed by atoms with Gasteiger partial charge < -0.3 is 10.1 Å². The van der Waals surface area contributed by atoms with Crippen LogP contribution < -0.4 is 15.6 Å². The molecular weight excluding hydrogens is 340 g/mol. The van der Waals surface area contributed by atoms with Crippen molar-refractivity contribution in [2.24, 2.45) is 0 Å². The van der Waals surface area contributed by atoms with Crippen LogP contribution in [0.2, 0.25) is 0 Å². The van der Waals surface area contributed by atoms with E-state index in [0.29, 0.717) is 18.1 Å². The molecule has 0 unspecified atom stereocenters. The number of hydrogen-bond acceptors (Lipinski definition) is 5. The monoisotopic (exact) mass is 358 g/mol. The molecule has 2 heterocycles. The van der Waals surface area contributed by atoms with Gasteiger partial charge >= 0.3 is 0 Å². The fourth-order valence-electron chi connectivity index (χ4n) is 2.85. The zero-order valence-electron chi connectivity index (χ0n) is 14.8. The van der Waals surface area contributed by atoms with Crippen molar-refractivity contribution in [3.05, 3.63) is 88.8 Å². The van der Waals surface area contributed by atoms with Crippen LogP contribution >= 0.6 is 0 Å². The number of rotatable bonds is 5.